The molecule has 0 aromatic carbocycles. The smallest absolute Gasteiger partial charge is 0.304 e. The maximum absolute atomic E-state index is 10.5. The zero-order chi connectivity index (χ0) is 9.84. The van der Waals surface area contributed by atoms with Crippen LogP contribution in [0.15, 0.2) is 0 Å². The molecule has 1 saturated heterocycles. The van der Waals surface area contributed by atoms with Crippen LogP contribution in [0, 0.1) is 11.3 Å². The second kappa shape index (κ2) is 4.24. The summed E-state index contributed by atoms with van der Waals surface area (Å²) in [6.45, 7) is 2.67. The molecule has 1 rings (SSSR count). The van der Waals surface area contributed by atoms with Crippen molar-refractivity contribution in [2.75, 3.05) is 6.54 Å². The van der Waals surface area contributed by atoms with Crippen LogP contribution in [0.5, 0.6) is 0 Å². The van der Waals surface area contributed by atoms with Crippen molar-refractivity contribution in [3.05, 3.63) is 0 Å². The predicted molar refractivity (Wildman–Crippen MR) is 47.1 cm³/mol. The molecule has 72 valence electrons. The first kappa shape index (κ1) is 10.0. The molecule has 0 saturated carbocycles. The third-order valence-corrected chi connectivity index (χ3v) is 2.52. The number of carbonyl (C=O) groups is 1. The van der Waals surface area contributed by atoms with Crippen molar-refractivity contribution >= 4 is 5.97 Å². The van der Waals surface area contributed by atoms with Gasteiger partial charge in [-0.25, -0.2) is 0 Å². The largest absolute Gasteiger partial charge is 0.481 e. The Morgan fingerprint density at radius 2 is 2.54 bits per heavy atom. The first-order valence-electron chi connectivity index (χ1n) is 4.52. The quantitative estimate of drug-likeness (QED) is 0.702. The Hall–Kier alpha value is -1.08. The number of rotatable bonds is 3. The molecular weight excluding hydrogens is 168 g/mol. The lowest BCUT2D eigenvalue weighted by atomic mass is 10.1. The highest BCUT2D eigenvalue weighted by Gasteiger charge is 2.29. The lowest BCUT2D eigenvalue weighted by Gasteiger charge is -2.24. The van der Waals surface area contributed by atoms with Crippen LogP contribution >= 0.6 is 0 Å². The Balaban J connectivity index is 2.54. The van der Waals surface area contributed by atoms with E-state index in [1.807, 2.05) is 11.8 Å². The number of hydrogen-bond donors (Lipinski definition) is 1. The van der Waals surface area contributed by atoms with E-state index in [9.17, 15) is 4.79 Å². The van der Waals surface area contributed by atoms with Crippen molar-refractivity contribution in [1.82, 2.24) is 4.90 Å². The van der Waals surface area contributed by atoms with E-state index in [1.165, 1.54) is 0 Å². The fourth-order valence-electron chi connectivity index (χ4n) is 1.86. The van der Waals surface area contributed by atoms with Crippen molar-refractivity contribution in [2.45, 2.75) is 38.3 Å². The van der Waals surface area contributed by atoms with E-state index < -0.39 is 5.97 Å². The van der Waals surface area contributed by atoms with Gasteiger partial charge in [0.1, 0.15) is 0 Å². The van der Waals surface area contributed by atoms with Crippen LogP contribution in [-0.4, -0.2) is 34.6 Å². The van der Waals surface area contributed by atoms with Crippen LogP contribution in [-0.2, 0) is 4.79 Å². The second-order valence-electron chi connectivity index (χ2n) is 3.44. The molecule has 0 radical (unpaired) electrons. The fourth-order valence-corrected chi connectivity index (χ4v) is 1.86. The molecule has 4 heteroatoms. The summed E-state index contributed by atoms with van der Waals surface area (Å²) in [7, 11) is 0. The van der Waals surface area contributed by atoms with Gasteiger partial charge in [-0.15, -0.1) is 0 Å². The molecule has 1 fully saturated rings. The van der Waals surface area contributed by atoms with Crippen molar-refractivity contribution < 1.29 is 9.90 Å². The minimum absolute atomic E-state index is 0.0622. The maximum Gasteiger partial charge on any atom is 0.304 e. The van der Waals surface area contributed by atoms with Gasteiger partial charge in [-0.05, 0) is 26.3 Å². The highest BCUT2D eigenvalue weighted by molar-refractivity contribution is 5.67. The zero-order valence-corrected chi connectivity index (χ0v) is 7.73. The van der Waals surface area contributed by atoms with Gasteiger partial charge in [0, 0.05) is 6.04 Å². The number of likely N-dealkylation sites (tertiary alicyclic amines) is 1. The van der Waals surface area contributed by atoms with E-state index >= 15 is 0 Å². The fraction of sp³-hybridized carbons (Fsp3) is 0.778. The molecule has 1 aliphatic heterocycles. The molecule has 2 atom stereocenters. The number of aliphatic carboxylic acids is 1. The summed E-state index contributed by atoms with van der Waals surface area (Å²) in [6.07, 6.45) is 2.06. The minimum Gasteiger partial charge on any atom is -0.481 e. The van der Waals surface area contributed by atoms with Crippen molar-refractivity contribution in [2.24, 2.45) is 0 Å². The summed E-state index contributed by atoms with van der Waals surface area (Å²) in [5, 5.41) is 17.3. The average molecular weight is 182 g/mol. The van der Waals surface area contributed by atoms with E-state index in [0.717, 1.165) is 19.4 Å². The maximum atomic E-state index is 10.5. The number of carboxylic acid groups (broad SMARTS) is 1. The summed E-state index contributed by atoms with van der Waals surface area (Å²) >= 11 is 0. The van der Waals surface area contributed by atoms with Gasteiger partial charge < -0.3 is 5.11 Å². The Labute approximate surface area is 77.8 Å². The highest BCUT2D eigenvalue weighted by atomic mass is 16.4. The monoisotopic (exact) mass is 182 g/mol. The molecule has 2 unspecified atom stereocenters. The average Bonchev–Trinajstić information content (AvgIpc) is 2.50. The molecule has 1 N–H and O–H groups in total. The SMILES string of the molecule is CC(C#N)N1CCCC1CC(=O)O. The van der Waals surface area contributed by atoms with Gasteiger partial charge in [0.25, 0.3) is 0 Å². The van der Waals surface area contributed by atoms with Crippen LogP contribution in [0.1, 0.15) is 26.2 Å². The van der Waals surface area contributed by atoms with E-state index in [1.54, 1.807) is 0 Å². The van der Waals surface area contributed by atoms with Gasteiger partial charge >= 0.3 is 5.97 Å². The predicted octanol–water partition coefficient (Wildman–Crippen LogP) is 0.838. The molecule has 1 heterocycles. The molecule has 0 aromatic heterocycles. The first-order valence-corrected chi connectivity index (χ1v) is 4.52. The molecule has 0 aromatic rings. The van der Waals surface area contributed by atoms with Crippen LogP contribution in [0.2, 0.25) is 0 Å². The number of hydrogen-bond acceptors (Lipinski definition) is 3. The molecule has 0 bridgehead atoms. The van der Waals surface area contributed by atoms with Crippen molar-refractivity contribution in [3.8, 4) is 6.07 Å². The Morgan fingerprint density at radius 3 is 3.08 bits per heavy atom. The molecule has 1 aliphatic rings. The van der Waals surface area contributed by atoms with E-state index in [0.29, 0.717) is 0 Å². The van der Waals surface area contributed by atoms with Crippen molar-refractivity contribution in [1.29, 1.82) is 5.26 Å². The third-order valence-electron chi connectivity index (χ3n) is 2.52. The van der Waals surface area contributed by atoms with E-state index in [4.69, 9.17) is 10.4 Å². The lowest BCUT2D eigenvalue weighted by Crippen LogP contribution is -2.37. The summed E-state index contributed by atoms with van der Waals surface area (Å²) in [5.41, 5.74) is 0. The normalized spacial score (nSPS) is 25.4. The Morgan fingerprint density at radius 1 is 1.85 bits per heavy atom. The molecule has 4 nitrogen and oxygen atoms in total. The highest BCUT2D eigenvalue weighted by Crippen LogP contribution is 2.22. The first-order chi connectivity index (χ1) is 6.15. The van der Waals surface area contributed by atoms with E-state index in [-0.39, 0.29) is 18.5 Å². The van der Waals surface area contributed by atoms with Gasteiger partial charge in [0.2, 0.25) is 0 Å². The van der Waals surface area contributed by atoms with Crippen LogP contribution < -0.4 is 0 Å². The van der Waals surface area contributed by atoms with E-state index in [2.05, 4.69) is 6.07 Å². The van der Waals surface area contributed by atoms with Gasteiger partial charge in [0.05, 0.1) is 18.5 Å². The van der Waals surface area contributed by atoms with Gasteiger partial charge in [-0.3, -0.25) is 9.69 Å². The summed E-state index contributed by atoms with van der Waals surface area (Å²) in [6, 6.07) is 2.04. The molecule has 0 amide bonds. The standard InChI is InChI=1S/C9H14N2O2/c1-7(6-10)11-4-2-3-8(11)5-9(12)13/h7-8H,2-5H2,1H3,(H,12,13). The number of nitrogens with zero attached hydrogens (tertiary/aromatic N) is 2. The van der Waals surface area contributed by atoms with Crippen LogP contribution in [0.3, 0.4) is 0 Å². The third kappa shape index (κ3) is 2.43. The second-order valence-corrected chi connectivity index (χ2v) is 3.44. The van der Waals surface area contributed by atoms with Gasteiger partial charge in [0.15, 0.2) is 0 Å². The number of carboxylic acids is 1. The Bertz CT molecular complexity index is 234. The van der Waals surface area contributed by atoms with Crippen LogP contribution in [0.4, 0.5) is 0 Å². The van der Waals surface area contributed by atoms with Crippen LogP contribution in [0.25, 0.3) is 0 Å². The number of nitriles is 1. The minimum atomic E-state index is -0.776. The van der Waals surface area contributed by atoms with Gasteiger partial charge in [-0.2, -0.15) is 5.26 Å². The molecular formula is C9H14N2O2. The summed E-state index contributed by atoms with van der Waals surface area (Å²) in [5.74, 6) is -0.776. The topological polar surface area (TPSA) is 64.3 Å². The molecule has 13 heavy (non-hydrogen) atoms. The van der Waals surface area contributed by atoms with Crippen molar-refractivity contribution in [3.63, 3.8) is 0 Å². The summed E-state index contributed by atoms with van der Waals surface area (Å²) < 4.78 is 0. The zero-order valence-electron chi connectivity index (χ0n) is 7.73. The Kier molecular flexibility index (Phi) is 3.26. The van der Waals surface area contributed by atoms with Gasteiger partial charge in [-0.1, -0.05) is 0 Å². The molecule has 0 spiro atoms. The lowest BCUT2D eigenvalue weighted by molar-refractivity contribution is -0.138. The summed E-state index contributed by atoms with van der Waals surface area (Å²) in [4.78, 5) is 12.5. The molecule has 0 aliphatic carbocycles.